The SMILES string of the molecule is CN1BNc2c(-c3cc(N)ccc3Oc3ccc(F)cc3F)cn(C)c(=O)c21. The number of aryl methyl sites for hydroxylation is 1. The predicted molar refractivity (Wildman–Crippen MR) is 107 cm³/mol. The molecule has 0 unspecified atom stereocenters. The maximum absolute atomic E-state index is 14.1. The number of nitrogens with zero attached hydrogens (tertiary/aromatic N) is 2. The summed E-state index contributed by atoms with van der Waals surface area (Å²) >= 11 is 0. The number of pyridine rings is 1. The molecule has 0 amide bonds. The van der Waals surface area contributed by atoms with Crippen molar-refractivity contribution in [3.8, 4) is 22.6 Å². The van der Waals surface area contributed by atoms with Crippen LogP contribution in [0.25, 0.3) is 11.1 Å². The molecule has 0 bridgehead atoms. The molecule has 28 heavy (non-hydrogen) atoms. The minimum absolute atomic E-state index is 0.112. The molecule has 2 aromatic carbocycles. The first-order valence-electron chi connectivity index (χ1n) is 8.56. The number of hydrogen-bond donors (Lipinski definition) is 2. The van der Waals surface area contributed by atoms with Gasteiger partial charge < -0.3 is 25.1 Å². The summed E-state index contributed by atoms with van der Waals surface area (Å²) in [4.78, 5) is 14.3. The molecule has 1 aromatic heterocycles. The second-order valence-electron chi connectivity index (χ2n) is 6.65. The summed E-state index contributed by atoms with van der Waals surface area (Å²) in [5.74, 6) is -1.28. The average Bonchev–Trinajstić information content (AvgIpc) is 3.04. The average molecular weight is 382 g/mol. The van der Waals surface area contributed by atoms with E-state index in [4.69, 9.17) is 10.5 Å². The molecule has 1 aliphatic rings. The first-order chi connectivity index (χ1) is 13.3. The van der Waals surface area contributed by atoms with Gasteiger partial charge in [0.05, 0.1) is 5.69 Å². The Morgan fingerprint density at radius 2 is 1.82 bits per heavy atom. The van der Waals surface area contributed by atoms with Crippen LogP contribution < -0.4 is 26.1 Å². The molecule has 0 saturated carbocycles. The van der Waals surface area contributed by atoms with Crippen LogP contribution >= 0.6 is 0 Å². The van der Waals surface area contributed by atoms with Gasteiger partial charge in [-0.3, -0.25) is 4.79 Å². The summed E-state index contributed by atoms with van der Waals surface area (Å²) < 4.78 is 34.5. The van der Waals surface area contributed by atoms with Gasteiger partial charge in [-0.05, 0) is 37.4 Å². The third-order valence-electron chi connectivity index (χ3n) is 4.63. The van der Waals surface area contributed by atoms with Gasteiger partial charge >= 0.3 is 7.55 Å². The minimum Gasteiger partial charge on any atom is -0.454 e. The number of aromatic nitrogens is 1. The van der Waals surface area contributed by atoms with E-state index in [0.717, 1.165) is 12.1 Å². The monoisotopic (exact) mass is 382 g/mol. The lowest BCUT2D eigenvalue weighted by Crippen LogP contribution is -2.27. The highest BCUT2D eigenvalue weighted by molar-refractivity contribution is 6.50. The Hall–Kier alpha value is -3.49. The fourth-order valence-electron chi connectivity index (χ4n) is 3.26. The van der Waals surface area contributed by atoms with Crippen LogP contribution in [0.15, 0.2) is 47.4 Å². The van der Waals surface area contributed by atoms with E-state index in [-0.39, 0.29) is 11.3 Å². The summed E-state index contributed by atoms with van der Waals surface area (Å²) in [6, 6.07) is 8.03. The van der Waals surface area contributed by atoms with Crippen molar-refractivity contribution in [2.45, 2.75) is 0 Å². The lowest BCUT2D eigenvalue weighted by atomic mass is 10.0. The number of fused-ring (bicyclic) bond motifs is 1. The zero-order valence-electron chi connectivity index (χ0n) is 15.3. The minimum atomic E-state index is -0.814. The van der Waals surface area contributed by atoms with Gasteiger partial charge in [0, 0.05) is 36.1 Å². The lowest BCUT2D eigenvalue weighted by molar-refractivity contribution is 0.439. The molecule has 0 aliphatic carbocycles. The first kappa shape index (κ1) is 17.9. The molecule has 2 heterocycles. The summed E-state index contributed by atoms with van der Waals surface area (Å²) in [7, 11) is 3.95. The molecular weight excluding hydrogens is 365 g/mol. The maximum atomic E-state index is 14.1. The van der Waals surface area contributed by atoms with Crippen LogP contribution in [0.1, 0.15) is 0 Å². The van der Waals surface area contributed by atoms with Gasteiger partial charge in [-0.1, -0.05) is 0 Å². The van der Waals surface area contributed by atoms with Crippen molar-refractivity contribution in [2.24, 2.45) is 7.05 Å². The molecular formula is C19H17BF2N4O2. The van der Waals surface area contributed by atoms with Crippen LogP contribution in [-0.2, 0) is 7.05 Å². The van der Waals surface area contributed by atoms with Gasteiger partial charge in [-0.25, -0.2) is 8.78 Å². The van der Waals surface area contributed by atoms with Gasteiger partial charge in [0.1, 0.15) is 17.3 Å². The molecule has 9 heteroatoms. The Morgan fingerprint density at radius 3 is 2.57 bits per heavy atom. The van der Waals surface area contributed by atoms with E-state index < -0.39 is 11.6 Å². The Bertz CT molecular complexity index is 1150. The van der Waals surface area contributed by atoms with Crippen molar-refractivity contribution >= 4 is 24.6 Å². The quantitative estimate of drug-likeness (QED) is 0.539. The van der Waals surface area contributed by atoms with E-state index in [1.165, 1.54) is 10.6 Å². The molecule has 3 aromatic rings. The number of anilines is 3. The van der Waals surface area contributed by atoms with E-state index >= 15 is 0 Å². The van der Waals surface area contributed by atoms with E-state index in [0.29, 0.717) is 41.5 Å². The van der Waals surface area contributed by atoms with Crippen molar-refractivity contribution in [3.63, 3.8) is 0 Å². The molecule has 0 radical (unpaired) electrons. The van der Waals surface area contributed by atoms with Crippen molar-refractivity contribution < 1.29 is 13.5 Å². The highest BCUT2D eigenvalue weighted by atomic mass is 19.1. The summed E-state index contributed by atoms with van der Waals surface area (Å²) in [5, 5.41) is 3.21. The molecule has 0 atom stereocenters. The Balaban J connectivity index is 1.89. The van der Waals surface area contributed by atoms with Gasteiger partial charge in [-0.15, -0.1) is 0 Å². The fourth-order valence-corrected chi connectivity index (χ4v) is 3.26. The van der Waals surface area contributed by atoms with Crippen LogP contribution in [0.2, 0.25) is 0 Å². The number of rotatable bonds is 3. The summed E-state index contributed by atoms with van der Waals surface area (Å²) in [6.45, 7) is 0. The van der Waals surface area contributed by atoms with Crippen LogP contribution in [0.5, 0.6) is 11.5 Å². The Morgan fingerprint density at radius 1 is 1.07 bits per heavy atom. The molecule has 1 aliphatic heterocycles. The van der Waals surface area contributed by atoms with E-state index in [2.05, 4.69) is 5.23 Å². The van der Waals surface area contributed by atoms with Crippen molar-refractivity contribution in [1.82, 2.24) is 4.57 Å². The van der Waals surface area contributed by atoms with E-state index in [1.807, 2.05) is 11.9 Å². The van der Waals surface area contributed by atoms with Crippen molar-refractivity contribution in [1.29, 1.82) is 0 Å². The summed E-state index contributed by atoms with van der Waals surface area (Å²) in [5.41, 5.74) is 8.77. The number of nitrogen functional groups attached to an aromatic ring is 1. The molecule has 142 valence electrons. The second kappa shape index (κ2) is 6.59. The number of halogens is 2. The van der Waals surface area contributed by atoms with Gasteiger partial charge in [0.2, 0.25) is 0 Å². The highest BCUT2D eigenvalue weighted by Crippen LogP contribution is 2.42. The zero-order chi connectivity index (χ0) is 20.0. The molecule has 0 spiro atoms. The molecule has 4 rings (SSSR count). The van der Waals surface area contributed by atoms with Crippen LogP contribution in [0.3, 0.4) is 0 Å². The third-order valence-corrected chi connectivity index (χ3v) is 4.63. The third kappa shape index (κ3) is 2.94. The van der Waals surface area contributed by atoms with Crippen LogP contribution in [0.4, 0.5) is 25.8 Å². The summed E-state index contributed by atoms with van der Waals surface area (Å²) in [6.07, 6.45) is 1.68. The van der Waals surface area contributed by atoms with Gasteiger partial charge in [-0.2, -0.15) is 0 Å². The van der Waals surface area contributed by atoms with Crippen LogP contribution in [0, 0.1) is 11.6 Å². The molecule has 0 fully saturated rings. The maximum Gasteiger partial charge on any atom is 0.354 e. The predicted octanol–water partition coefficient (Wildman–Crippen LogP) is 2.83. The first-order valence-corrected chi connectivity index (χ1v) is 8.56. The van der Waals surface area contributed by atoms with Crippen molar-refractivity contribution in [2.75, 3.05) is 22.8 Å². The van der Waals surface area contributed by atoms with Crippen LogP contribution in [-0.4, -0.2) is 19.2 Å². The smallest absolute Gasteiger partial charge is 0.354 e. The normalized spacial score (nSPS) is 12.4. The number of ether oxygens (including phenoxy) is 1. The number of nitrogens with two attached hydrogens (primary N) is 1. The lowest BCUT2D eigenvalue weighted by Gasteiger charge is -2.17. The highest BCUT2D eigenvalue weighted by Gasteiger charge is 2.26. The number of hydrogen-bond acceptors (Lipinski definition) is 5. The topological polar surface area (TPSA) is 72.5 Å². The second-order valence-corrected chi connectivity index (χ2v) is 6.65. The van der Waals surface area contributed by atoms with E-state index in [9.17, 15) is 13.6 Å². The van der Waals surface area contributed by atoms with Gasteiger partial charge in [0.15, 0.2) is 11.6 Å². The zero-order valence-corrected chi connectivity index (χ0v) is 15.3. The largest absolute Gasteiger partial charge is 0.454 e. The number of nitrogens with one attached hydrogen (secondary N) is 1. The Labute approximate surface area is 160 Å². The molecule has 6 nitrogen and oxygen atoms in total. The fraction of sp³-hybridized carbons (Fsp3) is 0.105. The standard InChI is InChI=1S/C19H17BF2N4O2/c1-25-9-13(17-18(19(25)27)26(2)20-24-17)12-8-11(23)4-6-15(12)28-16-5-3-10(21)7-14(16)22/h3-9,20,24H,23H2,1-2H3. The Kier molecular flexibility index (Phi) is 4.22. The van der Waals surface area contributed by atoms with Crippen molar-refractivity contribution in [3.05, 3.63) is 64.6 Å². The number of benzene rings is 2. The van der Waals surface area contributed by atoms with Gasteiger partial charge in [0.25, 0.3) is 5.56 Å². The molecule has 3 N–H and O–H groups in total. The van der Waals surface area contributed by atoms with E-state index in [1.54, 1.807) is 31.4 Å². The molecule has 0 saturated heterocycles.